The molecule has 0 unspecified atom stereocenters. The van der Waals surface area contributed by atoms with Gasteiger partial charge >= 0.3 is 0 Å². The van der Waals surface area contributed by atoms with Gasteiger partial charge in [-0.25, -0.2) is 0 Å². The molecular weight excluding hydrogens is 358 g/mol. The largest absolute Gasteiger partial charge is 0.497 e. The van der Waals surface area contributed by atoms with Crippen LogP contribution in [0.2, 0.25) is 0 Å². The smallest absolute Gasteiger partial charge is 0.169 e. The van der Waals surface area contributed by atoms with Crippen LogP contribution in [0.25, 0.3) is 0 Å². The van der Waals surface area contributed by atoms with Crippen LogP contribution >= 0.6 is 12.2 Å². The first-order chi connectivity index (χ1) is 13.2. The summed E-state index contributed by atoms with van der Waals surface area (Å²) in [6.45, 7) is 6.28. The van der Waals surface area contributed by atoms with Gasteiger partial charge in [-0.1, -0.05) is 30.3 Å². The third-order valence-corrected chi connectivity index (χ3v) is 5.08. The van der Waals surface area contributed by atoms with Gasteiger partial charge in [0.25, 0.3) is 0 Å². The highest BCUT2D eigenvalue weighted by Gasteiger charge is 2.18. The molecule has 5 nitrogen and oxygen atoms in total. The van der Waals surface area contributed by atoms with Gasteiger partial charge in [-0.3, -0.25) is 4.90 Å². The number of thiocarbonyl (C=S) groups is 1. The maximum Gasteiger partial charge on any atom is 0.169 e. The minimum atomic E-state index is 0.712. The van der Waals surface area contributed by atoms with E-state index in [0.29, 0.717) is 6.61 Å². The van der Waals surface area contributed by atoms with Crippen molar-refractivity contribution >= 4 is 17.3 Å². The van der Waals surface area contributed by atoms with Gasteiger partial charge in [0.1, 0.15) is 18.1 Å². The maximum atomic E-state index is 5.78. The average Bonchev–Trinajstić information content (AvgIpc) is 2.73. The average molecular weight is 386 g/mol. The molecule has 6 heteroatoms. The molecular formula is C21H27N3O2S. The second-order valence-electron chi connectivity index (χ2n) is 6.50. The molecule has 0 atom stereocenters. The van der Waals surface area contributed by atoms with Crippen molar-refractivity contribution in [3.05, 3.63) is 60.2 Å². The van der Waals surface area contributed by atoms with Crippen LogP contribution in [0.5, 0.6) is 11.5 Å². The number of nitrogens with one attached hydrogen (secondary N) is 1. The molecule has 1 saturated heterocycles. The Balaban J connectivity index is 1.33. The van der Waals surface area contributed by atoms with Crippen molar-refractivity contribution in [2.24, 2.45) is 0 Å². The fraction of sp³-hybridized carbons (Fsp3) is 0.381. The number of ether oxygens (including phenoxy) is 2. The number of methoxy groups -OCH3 is 1. The van der Waals surface area contributed by atoms with Crippen LogP contribution in [-0.4, -0.2) is 61.4 Å². The van der Waals surface area contributed by atoms with E-state index in [4.69, 9.17) is 21.7 Å². The van der Waals surface area contributed by atoms with Gasteiger partial charge in [-0.15, -0.1) is 0 Å². The molecule has 1 heterocycles. The van der Waals surface area contributed by atoms with Gasteiger partial charge in [0, 0.05) is 39.3 Å². The number of benzene rings is 2. The molecule has 1 N–H and O–H groups in total. The van der Waals surface area contributed by atoms with Gasteiger partial charge in [0.15, 0.2) is 5.11 Å². The second kappa shape index (κ2) is 10.1. The molecule has 1 aliphatic heterocycles. The van der Waals surface area contributed by atoms with Crippen molar-refractivity contribution in [1.29, 1.82) is 0 Å². The normalized spacial score (nSPS) is 14.6. The summed E-state index contributed by atoms with van der Waals surface area (Å²) >= 11 is 5.56. The van der Waals surface area contributed by atoms with Crippen LogP contribution < -0.4 is 14.8 Å². The number of piperazine rings is 1. The number of hydrogen-bond acceptors (Lipinski definition) is 4. The summed E-state index contributed by atoms with van der Waals surface area (Å²) in [7, 11) is 1.68. The third-order valence-electron chi connectivity index (χ3n) is 4.68. The molecule has 2 aromatic carbocycles. The number of rotatable bonds is 7. The second-order valence-corrected chi connectivity index (χ2v) is 6.88. The highest BCUT2D eigenvalue weighted by Crippen LogP contribution is 2.11. The van der Waals surface area contributed by atoms with E-state index in [0.717, 1.165) is 55.9 Å². The molecule has 0 saturated carbocycles. The molecule has 144 valence electrons. The predicted molar refractivity (Wildman–Crippen MR) is 112 cm³/mol. The molecule has 0 amide bonds. The minimum absolute atomic E-state index is 0.712. The zero-order valence-electron chi connectivity index (χ0n) is 15.8. The molecule has 1 fully saturated rings. The van der Waals surface area contributed by atoms with Crippen LogP contribution in [0.15, 0.2) is 54.6 Å². The van der Waals surface area contributed by atoms with E-state index in [2.05, 4.69) is 27.2 Å². The van der Waals surface area contributed by atoms with E-state index >= 15 is 0 Å². The summed E-state index contributed by atoms with van der Waals surface area (Å²) in [6.07, 6.45) is 0. The Hall–Kier alpha value is -2.31. The summed E-state index contributed by atoms with van der Waals surface area (Å²) in [5, 5.41) is 4.18. The highest BCUT2D eigenvalue weighted by molar-refractivity contribution is 7.80. The lowest BCUT2D eigenvalue weighted by Crippen LogP contribution is -2.52. The van der Waals surface area contributed by atoms with Crippen molar-refractivity contribution in [2.75, 3.05) is 46.4 Å². The van der Waals surface area contributed by atoms with E-state index in [1.54, 1.807) is 7.11 Å². The summed E-state index contributed by atoms with van der Waals surface area (Å²) < 4.78 is 11.0. The van der Waals surface area contributed by atoms with E-state index in [1.807, 2.05) is 42.5 Å². The van der Waals surface area contributed by atoms with Crippen LogP contribution in [0.1, 0.15) is 5.56 Å². The predicted octanol–water partition coefficient (Wildman–Crippen LogP) is 2.77. The zero-order chi connectivity index (χ0) is 18.9. The first-order valence-electron chi connectivity index (χ1n) is 9.30. The van der Waals surface area contributed by atoms with Gasteiger partial charge in [0.2, 0.25) is 0 Å². The monoisotopic (exact) mass is 385 g/mol. The molecule has 0 aromatic heterocycles. The van der Waals surface area contributed by atoms with E-state index in [9.17, 15) is 0 Å². The number of hydrogen-bond donors (Lipinski definition) is 1. The Bertz CT molecular complexity index is 701. The summed E-state index contributed by atoms with van der Waals surface area (Å²) in [5.74, 6) is 1.80. The topological polar surface area (TPSA) is 37.0 Å². The first kappa shape index (κ1) is 19.5. The maximum absolute atomic E-state index is 5.78. The Morgan fingerprint density at radius 2 is 1.67 bits per heavy atom. The van der Waals surface area contributed by atoms with Crippen LogP contribution in [-0.2, 0) is 6.54 Å². The van der Waals surface area contributed by atoms with Crippen LogP contribution in [0.4, 0.5) is 0 Å². The van der Waals surface area contributed by atoms with Gasteiger partial charge in [-0.2, -0.15) is 0 Å². The van der Waals surface area contributed by atoms with Crippen molar-refractivity contribution in [3.8, 4) is 11.5 Å². The van der Waals surface area contributed by atoms with Gasteiger partial charge in [0.05, 0.1) is 7.11 Å². The van der Waals surface area contributed by atoms with Crippen molar-refractivity contribution in [3.63, 3.8) is 0 Å². The Morgan fingerprint density at radius 1 is 0.963 bits per heavy atom. The lowest BCUT2D eigenvalue weighted by atomic mass is 10.2. The lowest BCUT2D eigenvalue weighted by molar-refractivity contribution is 0.153. The summed E-state index contributed by atoms with van der Waals surface area (Å²) in [4.78, 5) is 4.67. The standard InChI is InChI=1S/C21H27N3O2S/c1-25-19-9-7-18(8-10-19)17-22-21(27)24-13-11-23(12-14-24)15-16-26-20-5-3-2-4-6-20/h2-10H,11-17H2,1H3,(H,22,27). The van der Waals surface area contributed by atoms with Gasteiger partial charge in [-0.05, 0) is 42.0 Å². The minimum Gasteiger partial charge on any atom is -0.497 e. The Labute approximate surface area is 166 Å². The molecule has 3 rings (SSSR count). The van der Waals surface area contributed by atoms with E-state index in [-0.39, 0.29) is 0 Å². The fourth-order valence-electron chi connectivity index (χ4n) is 3.02. The van der Waals surface area contributed by atoms with Crippen molar-refractivity contribution in [1.82, 2.24) is 15.1 Å². The molecule has 27 heavy (non-hydrogen) atoms. The molecule has 0 spiro atoms. The molecule has 2 aromatic rings. The van der Waals surface area contributed by atoms with Crippen molar-refractivity contribution < 1.29 is 9.47 Å². The van der Waals surface area contributed by atoms with E-state index in [1.165, 1.54) is 5.56 Å². The Morgan fingerprint density at radius 3 is 2.33 bits per heavy atom. The third kappa shape index (κ3) is 6.12. The van der Waals surface area contributed by atoms with Crippen molar-refractivity contribution in [2.45, 2.75) is 6.54 Å². The number of para-hydroxylation sites is 1. The molecule has 0 radical (unpaired) electrons. The zero-order valence-corrected chi connectivity index (χ0v) is 16.6. The van der Waals surface area contributed by atoms with Crippen LogP contribution in [0, 0.1) is 0 Å². The lowest BCUT2D eigenvalue weighted by Gasteiger charge is -2.36. The molecule has 0 bridgehead atoms. The van der Waals surface area contributed by atoms with E-state index < -0.39 is 0 Å². The highest BCUT2D eigenvalue weighted by atomic mass is 32.1. The molecule has 1 aliphatic rings. The number of nitrogens with zero attached hydrogens (tertiary/aromatic N) is 2. The van der Waals surface area contributed by atoms with Gasteiger partial charge < -0.3 is 19.7 Å². The summed E-state index contributed by atoms with van der Waals surface area (Å²) in [5.41, 5.74) is 1.19. The fourth-order valence-corrected chi connectivity index (χ4v) is 3.27. The van der Waals surface area contributed by atoms with Crippen LogP contribution in [0.3, 0.4) is 0 Å². The molecule has 0 aliphatic carbocycles. The SMILES string of the molecule is COc1ccc(CNC(=S)N2CCN(CCOc3ccccc3)CC2)cc1. The quantitative estimate of drug-likeness (QED) is 0.739. The first-order valence-corrected chi connectivity index (χ1v) is 9.71. The Kier molecular flexibility index (Phi) is 7.30. The summed E-state index contributed by atoms with van der Waals surface area (Å²) in [6, 6.07) is 18.0.